The molecule has 0 fully saturated rings. The van der Waals surface area contributed by atoms with E-state index in [9.17, 15) is 18.7 Å². The van der Waals surface area contributed by atoms with E-state index in [1.165, 1.54) is 18.2 Å². The fraction of sp³-hybridized carbons (Fsp3) is 0. The van der Waals surface area contributed by atoms with Crippen molar-refractivity contribution in [3.63, 3.8) is 0 Å². The summed E-state index contributed by atoms with van der Waals surface area (Å²) < 4.78 is 27.1. The number of hydrogen-bond acceptors (Lipinski definition) is 2. The third-order valence-corrected chi connectivity index (χ3v) is 3.75. The highest BCUT2D eigenvalue weighted by molar-refractivity contribution is 9.11. The van der Waals surface area contributed by atoms with Crippen LogP contribution in [0.15, 0.2) is 39.3 Å². The fourth-order valence-electron chi connectivity index (χ4n) is 1.50. The minimum atomic E-state index is -0.897. The van der Waals surface area contributed by atoms with E-state index in [2.05, 4.69) is 37.2 Å². The molecule has 104 valence electrons. The van der Waals surface area contributed by atoms with Crippen molar-refractivity contribution >= 4 is 43.5 Å². The molecule has 0 saturated heterocycles. The summed E-state index contributed by atoms with van der Waals surface area (Å²) in [6.45, 7) is 0. The Labute approximate surface area is 129 Å². The van der Waals surface area contributed by atoms with Crippen LogP contribution in [0.25, 0.3) is 0 Å². The normalized spacial score (nSPS) is 10.4. The molecule has 7 heteroatoms. The fourth-order valence-corrected chi connectivity index (χ4v) is 2.26. The summed E-state index contributed by atoms with van der Waals surface area (Å²) >= 11 is 6.06. The smallest absolute Gasteiger partial charge is 0.255 e. The molecule has 0 heterocycles. The molecule has 0 atom stereocenters. The van der Waals surface area contributed by atoms with Gasteiger partial charge in [-0.25, -0.2) is 8.78 Å². The average molecular weight is 407 g/mol. The van der Waals surface area contributed by atoms with E-state index in [1.807, 2.05) is 0 Å². The summed E-state index contributed by atoms with van der Waals surface area (Å²) in [5.74, 6) is -2.39. The van der Waals surface area contributed by atoms with Crippen molar-refractivity contribution in [1.29, 1.82) is 0 Å². The number of carbonyl (C=O) groups excluding carboxylic acids is 1. The summed E-state index contributed by atoms with van der Waals surface area (Å²) in [7, 11) is 0. The van der Waals surface area contributed by atoms with Crippen LogP contribution in [-0.2, 0) is 0 Å². The second-order valence-electron chi connectivity index (χ2n) is 3.86. The van der Waals surface area contributed by atoms with E-state index in [0.29, 0.717) is 10.5 Å². The lowest BCUT2D eigenvalue weighted by Gasteiger charge is -2.09. The Balaban J connectivity index is 2.30. The van der Waals surface area contributed by atoms with Crippen LogP contribution >= 0.6 is 31.9 Å². The Morgan fingerprint density at radius 3 is 2.40 bits per heavy atom. The molecule has 20 heavy (non-hydrogen) atoms. The SMILES string of the molecule is O=C(Nc1c(F)cc(F)cc1Br)c1ccc(Br)c(O)c1. The van der Waals surface area contributed by atoms with Gasteiger partial charge in [0.05, 0.1) is 10.2 Å². The monoisotopic (exact) mass is 405 g/mol. The summed E-state index contributed by atoms with van der Waals surface area (Å²) in [5, 5.41) is 11.8. The highest BCUT2D eigenvalue weighted by Crippen LogP contribution is 2.28. The first-order chi connectivity index (χ1) is 9.38. The maximum absolute atomic E-state index is 13.6. The van der Waals surface area contributed by atoms with Crippen LogP contribution in [0.4, 0.5) is 14.5 Å². The van der Waals surface area contributed by atoms with Crippen LogP contribution in [0.3, 0.4) is 0 Å². The van der Waals surface area contributed by atoms with E-state index >= 15 is 0 Å². The Morgan fingerprint density at radius 2 is 1.80 bits per heavy atom. The van der Waals surface area contributed by atoms with Gasteiger partial charge in [0.25, 0.3) is 5.91 Å². The summed E-state index contributed by atoms with van der Waals surface area (Å²) in [6.07, 6.45) is 0. The molecule has 0 aliphatic carbocycles. The molecule has 2 rings (SSSR count). The zero-order valence-electron chi connectivity index (χ0n) is 9.75. The van der Waals surface area contributed by atoms with Crippen LogP contribution in [0, 0.1) is 11.6 Å². The molecule has 2 N–H and O–H groups in total. The predicted molar refractivity (Wildman–Crippen MR) is 77.8 cm³/mol. The number of nitrogens with one attached hydrogen (secondary N) is 1. The Morgan fingerprint density at radius 1 is 1.10 bits per heavy atom. The van der Waals surface area contributed by atoms with Crippen LogP contribution in [-0.4, -0.2) is 11.0 Å². The first-order valence-electron chi connectivity index (χ1n) is 5.33. The minimum Gasteiger partial charge on any atom is -0.507 e. The molecule has 1 amide bonds. The number of hydrogen-bond donors (Lipinski definition) is 2. The van der Waals surface area contributed by atoms with Gasteiger partial charge < -0.3 is 10.4 Å². The lowest BCUT2D eigenvalue weighted by atomic mass is 10.2. The number of benzene rings is 2. The molecule has 0 bridgehead atoms. The van der Waals surface area contributed by atoms with Crippen LogP contribution in [0.5, 0.6) is 5.75 Å². The van der Waals surface area contributed by atoms with Crippen molar-refractivity contribution in [2.24, 2.45) is 0 Å². The molecule has 3 nitrogen and oxygen atoms in total. The highest BCUT2D eigenvalue weighted by atomic mass is 79.9. The molecule has 0 spiro atoms. The van der Waals surface area contributed by atoms with Crippen molar-refractivity contribution in [3.8, 4) is 5.75 Å². The first-order valence-corrected chi connectivity index (χ1v) is 6.91. The van der Waals surface area contributed by atoms with Gasteiger partial charge >= 0.3 is 0 Å². The molecule has 0 aromatic heterocycles. The van der Waals surface area contributed by atoms with E-state index in [-0.39, 0.29) is 21.5 Å². The predicted octanol–water partition coefficient (Wildman–Crippen LogP) is 4.45. The first kappa shape index (κ1) is 14.9. The van der Waals surface area contributed by atoms with Gasteiger partial charge in [-0.3, -0.25) is 4.79 Å². The van der Waals surface area contributed by atoms with E-state index in [0.717, 1.165) is 6.07 Å². The number of carbonyl (C=O) groups is 1. The zero-order valence-corrected chi connectivity index (χ0v) is 12.9. The molecular weight excluding hydrogens is 400 g/mol. The second-order valence-corrected chi connectivity index (χ2v) is 5.57. The van der Waals surface area contributed by atoms with Gasteiger partial charge in [0, 0.05) is 16.1 Å². The van der Waals surface area contributed by atoms with Crippen molar-refractivity contribution in [1.82, 2.24) is 0 Å². The molecule has 0 aliphatic rings. The van der Waals surface area contributed by atoms with Crippen LogP contribution < -0.4 is 5.32 Å². The summed E-state index contributed by atoms with van der Waals surface area (Å²) in [6, 6.07) is 5.88. The lowest BCUT2D eigenvalue weighted by Crippen LogP contribution is -2.13. The molecule has 0 saturated carbocycles. The minimum absolute atomic E-state index is 0.0877. The number of phenols is 1. The number of halogens is 4. The third kappa shape index (κ3) is 3.16. The van der Waals surface area contributed by atoms with Gasteiger partial charge in [-0.1, -0.05) is 0 Å². The average Bonchev–Trinajstić information content (AvgIpc) is 2.36. The van der Waals surface area contributed by atoms with Gasteiger partial charge in [-0.05, 0) is 56.1 Å². The second kappa shape index (κ2) is 5.88. The van der Waals surface area contributed by atoms with Crippen molar-refractivity contribution in [2.45, 2.75) is 0 Å². The standard InChI is InChI=1S/C13H7Br2F2NO2/c14-8-2-1-6(3-11(8)19)13(20)18-12-9(15)4-7(16)5-10(12)17/h1-5,19H,(H,18,20). The lowest BCUT2D eigenvalue weighted by molar-refractivity contribution is 0.102. The van der Waals surface area contributed by atoms with Crippen molar-refractivity contribution in [3.05, 3.63) is 56.5 Å². The van der Waals surface area contributed by atoms with Crippen molar-refractivity contribution < 1.29 is 18.7 Å². The molecule has 0 unspecified atom stereocenters. The number of anilines is 1. The largest absolute Gasteiger partial charge is 0.507 e. The van der Waals surface area contributed by atoms with E-state index in [4.69, 9.17) is 0 Å². The summed E-state index contributed by atoms with van der Waals surface area (Å²) in [4.78, 5) is 11.9. The van der Waals surface area contributed by atoms with Gasteiger partial charge in [0.15, 0.2) is 5.82 Å². The Kier molecular flexibility index (Phi) is 4.39. The van der Waals surface area contributed by atoms with Gasteiger partial charge in [-0.2, -0.15) is 0 Å². The van der Waals surface area contributed by atoms with E-state index < -0.39 is 17.5 Å². The molecule has 2 aromatic rings. The van der Waals surface area contributed by atoms with Crippen LogP contribution in [0.1, 0.15) is 10.4 Å². The number of rotatable bonds is 2. The number of phenolic OH excluding ortho intramolecular Hbond substituents is 1. The zero-order chi connectivity index (χ0) is 14.9. The molecule has 0 radical (unpaired) electrons. The van der Waals surface area contributed by atoms with Gasteiger partial charge in [0.1, 0.15) is 11.6 Å². The quantitative estimate of drug-likeness (QED) is 0.774. The van der Waals surface area contributed by atoms with Gasteiger partial charge in [-0.15, -0.1) is 0 Å². The van der Waals surface area contributed by atoms with Crippen molar-refractivity contribution in [2.75, 3.05) is 5.32 Å². The molecule has 2 aromatic carbocycles. The third-order valence-electron chi connectivity index (χ3n) is 2.45. The summed E-state index contributed by atoms with van der Waals surface area (Å²) in [5.41, 5.74) is -0.0277. The number of amides is 1. The van der Waals surface area contributed by atoms with Crippen LogP contribution in [0.2, 0.25) is 0 Å². The maximum atomic E-state index is 13.6. The topological polar surface area (TPSA) is 49.3 Å². The van der Waals surface area contributed by atoms with E-state index in [1.54, 1.807) is 0 Å². The van der Waals surface area contributed by atoms with Gasteiger partial charge in [0.2, 0.25) is 0 Å². The Hall–Kier alpha value is -1.47. The number of aromatic hydroxyl groups is 1. The Bertz CT molecular complexity index is 669. The molecular formula is C13H7Br2F2NO2. The highest BCUT2D eigenvalue weighted by Gasteiger charge is 2.14. The molecule has 0 aliphatic heterocycles. The maximum Gasteiger partial charge on any atom is 0.255 e.